The molecule has 1 aromatic carbocycles. The van der Waals surface area contributed by atoms with E-state index in [2.05, 4.69) is 11.3 Å². The van der Waals surface area contributed by atoms with E-state index in [1.807, 2.05) is 0 Å². The lowest BCUT2D eigenvalue weighted by Crippen LogP contribution is -2.54. The van der Waals surface area contributed by atoms with Gasteiger partial charge in [-0.05, 0) is 37.6 Å². The normalized spacial score (nSPS) is 15.6. The second kappa shape index (κ2) is 7.20. The topological polar surface area (TPSA) is 66.8 Å². The van der Waals surface area contributed by atoms with Gasteiger partial charge >= 0.3 is 24.5 Å². The Bertz CT molecular complexity index is 790. The van der Waals surface area contributed by atoms with Crippen molar-refractivity contribution >= 4 is 5.97 Å². The first-order valence-electron chi connectivity index (χ1n) is 7.35. The Balaban J connectivity index is 3.90. The van der Waals surface area contributed by atoms with E-state index in [0.717, 1.165) is 6.92 Å². The average Bonchev–Trinajstić information content (AvgIpc) is 2.50. The third kappa shape index (κ3) is 4.50. The molecule has 0 amide bonds. The van der Waals surface area contributed by atoms with Gasteiger partial charge in [0.2, 0.25) is 0 Å². The third-order valence-electron chi connectivity index (χ3n) is 3.82. The number of rotatable bonds is 4. The fourth-order valence-electron chi connectivity index (χ4n) is 1.99. The maximum atomic E-state index is 13.1. The highest BCUT2D eigenvalue weighted by atomic mass is 19.4. The zero-order valence-electron chi connectivity index (χ0n) is 14.6. The highest BCUT2D eigenvalue weighted by molar-refractivity contribution is 5.88. The molecule has 0 aliphatic heterocycles. The van der Waals surface area contributed by atoms with Crippen LogP contribution in [-0.4, -0.2) is 34.7 Å². The Morgan fingerprint density at radius 1 is 0.862 bits per heavy atom. The van der Waals surface area contributed by atoms with Crippen LogP contribution in [0.1, 0.15) is 25.0 Å². The number of benzene rings is 1. The van der Waals surface area contributed by atoms with Gasteiger partial charge < -0.3 is 14.9 Å². The lowest BCUT2D eigenvalue weighted by Gasteiger charge is -2.34. The van der Waals surface area contributed by atoms with Gasteiger partial charge in [0.25, 0.3) is 5.60 Å². The summed E-state index contributed by atoms with van der Waals surface area (Å²) in [6, 6.07) is -0.227. The van der Waals surface area contributed by atoms with Crippen molar-refractivity contribution in [3.05, 3.63) is 41.5 Å². The lowest BCUT2D eigenvalue weighted by molar-refractivity contribution is -0.376. The summed E-state index contributed by atoms with van der Waals surface area (Å²) in [7, 11) is 0. The van der Waals surface area contributed by atoms with E-state index in [4.69, 9.17) is 0 Å². The van der Waals surface area contributed by atoms with E-state index in [0.29, 0.717) is 0 Å². The first-order valence-corrected chi connectivity index (χ1v) is 7.35. The average molecular weight is 440 g/mol. The third-order valence-corrected chi connectivity index (χ3v) is 3.82. The van der Waals surface area contributed by atoms with Crippen LogP contribution >= 0.6 is 0 Å². The quantitative estimate of drug-likeness (QED) is 0.318. The molecule has 0 bridgehead atoms. The summed E-state index contributed by atoms with van der Waals surface area (Å²) in [5.41, 5.74) is -13.7. The smallest absolute Gasteiger partial charge is 0.423 e. The van der Waals surface area contributed by atoms with Gasteiger partial charge in [-0.1, -0.05) is 6.58 Å². The Kier molecular flexibility index (Phi) is 6.15. The van der Waals surface area contributed by atoms with Crippen LogP contribution in [0.4, 0.5) is 39.5 Å². The van der Waals surface area contributed by atoms with Crippen molar-refractivity contribution in [2.45, 2.75) is 43.6 Å². The number of hydrogen-bond donors (Lipinski definition) is 2. The van der Waals surface area contributed by atoms with Gasteiger partial charge in [-0.2, -0.15) is 39.5 Å². The molecule has 1 atom stereocenters. The van der Waals surface area contributed by atoms with Crippen LogP contribution in [0.2, 0.25) is 0 Å². The molecule has 1 rings (SSSR count). The summed E-state index contributed by atoms with van der Waals surface area (Å²) in [6.45, 7) is 4.19. The highest BCUT2D eigenvalue weighted by Gasteiger charge is 2.71. The van der Waals surface area contributed by atoms with Crippen molar-refractivity contribution in [1.82, 2.24) is 0 Å². The van der Waals surface area contributed by atoms with Gasteiger partial charge in [-0.25, -0.2) is 4.79 Å². The van der Waals surface area contributed by atoms with Crippen molar-refractivity contribution in [3.63, 3.8) is 0 Å². The van der Waals surface area contributed by atoms with Crippen molar-refractivity contribution in [3.8, 4) is 5.75 Å². The Morgan fingerprint density at radius 2 is 1.28 bits per heavy atom. The number of carbonyl (C=O) groups excluding carboxylic acids is 1. The van der Waals surface area contributed by atoms with E-state index in [1.165, 1.54) is 0 Å². The van der Waals surface area contributed by atoms with Crippen molar-refractivity contribution in [2.24, 2.45) is 0 Å². The molecule has 0 aromatic heterocycles. The van der Waals surface area contributed by atoms with Crippen molar-refractivity contribution in [2.75, 3.05) is 0 Å². The van der Waals surface area contributed by atoms with Crippen LogP contribution in [0.3, 0.4) is 0 Å². The zero-order valence-corrected chi connectivity index (χ0v) is 14.6. The van der Waals surface area contributed by atoms with E-state index >= 15 is 0 Å². The van der Waals surface area contributed by atoms with Gasteiger partial charge in [0.05, 0.1) is 0 Å². The second-order valence-corrected chi connectivity index (χ2v) is 6.19. The predicted molar refractivity (Wildman–Crippen MR) is 78.5 cm³/mol. The minimum atomic E-state index is -6.43. The molecule has 0 radical (unpaired) electrons. The number of alkyl halides is 9. The molecule has 0 aliphatic rings. The number of carbonyl (C=O) groups is 1. The fourth-order valence-corrected chi connectivity index (χ4v) is 1.99. The van der Waals surface area contributed by atoms with Crippen LogP contribution in [0.5, 0.6) is 5.75 Å². The Labute approximate surface area is 157 Å². The SMILES string of the molecule is C=C(C)C(=O)Oc1cc(C(C)(O)C(F)(F)F)cc(C(O)(C(F)(F)F)C(F)(F)F)c1. The number of aliphatic hydroxyl groups is 2. The van der Waals surface area contributed by atoms with Crippen LogP contribution < -0.4 is 4.74 Å². The van der Waals surface area contributed by atoms with E-state index in [1.54, 1.807) is 0 Å². The summed E-state index contributed by atoms with van der Waals surface area (Å²) < 4.78 is 122. The van der Waals surface area contributed by atoms with Gasteiger partial charge in [0.15, 0.2) is 5.60 Å². The monoisotopic (exact) mass is 440 g/mol. The number of esters is 1. The van der Waals surface area contributed by atoms with Crippen LogP contribution in [0.25, 0.3) is 0 Å². The maximum absolute atomic E-state index is 13.1. The summed E-state index contributed by atoms with van der Waals surface area (Å²) in [5, 5.41) is 19.1. The van der Waals surface area contributed by atoms with Crippen LogP contribution in [-0.2, 0) is 16.0 Å². The number of hydrogen-bond acceptors (Lipinski definition) is 4. The fraction of sp³-hybridized carbons (Fsp3) is 0.438. The predicted octanol–water partition coefficient (Wildman–Crippen LogP) is 4.25. The van der Waals surface area contributed by atoms with E-state index in [9.17, 15) is 54.5 Å². The largest absolute Gasteiger partial charge is 0.430 e. The van der Waals surface area contributed by atoms with E-state index < -0.39 is 52.6 Å². The first-order chi connectivity index (χ1) is 12.7. The minimum Gasteiger partial charge on any atom is -0.423 e. The standard InChI is InChI=1S/C16H13F9O4/c1-7(2)11(26)29-10-5-8(12(3,27)14(17,18)19)4-9(6-10)13(28,15(20,21)22)16(23,24)25/h4-6,27-28H,1H2,2-3H3. The summed E-state index contributed by atoms with van der Waals surface area (Å²) in [5.74, 6) is -2.61. The summed E-state index contributed by atoms with van der Waals surface area (Å²) in [4.78, 5) is 11.5. The summed E-state index contributed by atoms with van der Waals surface area (Å²) >= 11 is 0. The molecule has 1 aromatic rings. The first kappa shape index (κ1) is 24.8. The van der Waals surface area contributed by atoms with Gasteiger partial charge in [0, 0.05) is 11.1 Å². The Morgan fingerprint density at radius 3 is 1.62 bits per heavy atom. The molecule has 1 unspecified atom stereocenters. The summed E-state index contributed by atoms with van der Waals surface area (Å²) in [6.07, 6.45) is -18.4. The zero-order chi connectivity index (χ0) is 23.2. The molecule has 0 aliphatic carbocycles. The molecule has 0 saturated heterocycles. The van der Waals surface area contributed by atoms with Crippen molar-refractivity contribution in [1.29, 1.82) is 0 Å². The molecule has 29 heavy (non-hydrogen) atoms. The molecular formula is C16H13F9O4. The molecule has 0 fully saturated rings. The molecule has 2 N–H and O–H groups in total. The molecule has 13 heteroatoms. The van der Waals surface area contributed by atoms with Gasteiger partial charge in [-0.15, -0.1) is 0 Å². The molecular weight excluding hydrogens is 427 g/mol. The lowest BCUT2D eigenvalue weighted by atomic mass is 9.86. The van der Waals surface area contributed by atoms with Crippen molar-refractivity contribution < 1.29 is 59.3 Å². The minimum absolute atomic E-state index is 0.0523. The molecule has 0 heterocycles. The van der Waals surface area contributed by atoms with Gasteiger partial charge in [-0.3, -0.25) is 0 Å². The molecule has 164 valence electrons. The highest BCUT2D eigenvalue weighted by Crippen LogP contribution is 2.51. The van der Waals surface area contributed by atoms with Crippen LogP contribution in [0, 0.1) is 0 Å². The molecule has 0 saturated carbocycles. The Hall–Kier alpha value is -2.28. The second-order valence-electron chi connectivity index (χ2n) is 6.19. The van der Waals surface area contributed by atoms with E-state index in [-0.39, 0.29) is 30.7 Å². The van der Waals surface area contributed by atoms with Gasteiger partial charge in [0.1, 0.15) is 5.75 Å². The number of halogens is 9. The molecule has 0 spiro atoms. The molecule has 4 nitrogen and oxygen atoms in total. The van der Waals surface area contributed by atoms with Crippen LogP contribution in [0.15, 0.2) is 30.4 Å². The maximum Gasteiger partial charge on any atom is 0.430 e. The number of ether oxygens (including phenoxy) is 1.